The fourth-order valence-corrected chi connectivity index (χ4v) is 4.41. The van der Waals surface area contributed by atoms with E-state index in [9.17, 15) is 23.1 Å². The third kappa shape index (κ3) is 4.94. The summed E-state index contributed by atoms with van der Waals surface area (Å²) < 4.78 is 54.1. The van der Waals surface area contributed by atoms with Gasteiger partial charge in [0.05, 0.1) is 12.7 Å². The number of ether oxygens (including phenoxy) is 2. The van der Waals surface area contributed by atoms with Crippen LogP contribution in [0.2, 0.25) is 0 Å². The number of benzene rings is 3. The Bertz CT molecular complexity index is 1170. The number of rotatable bonds is 6. The number of hydrogen-bond donors (Lipinski definition) is 1. The van der Waals surface area contributed by atoms with Crippen molar-refractivity contribution >= 4 is 5.97 Å². The van der Waals surface area contributed by atoms with Crippen LogP contribution in [0.4, 0.5) is 13.2 Å². The molecule has 0 aromatic heterocycles. The number of esters is 1. The molecule has 0 bridgehead atoms. The van der Waals surface area contributed by atoms with Crippen LogP contribution in [0.1, 0.15) is 47.5 Å². The van der Waals surface area contributed by atoms with E-state index in [0.717, 1.165) is 31.7 Å². The van der Waals surface area contributed by atoms with Crippen molar-refractivity contribution in [2.45, 2.75) is 31.6 Å². The lowest BCUT2D eigenvalue weighted by Gasteiger charge is -2.28. The quantitative estimate of drug-likeness (QED) is 0.341. The molecule has 1 saturated carbocycles. The zero-order valence-corrected chi connectivity index (χ0v) is 18.7. The maximum Gasteiger partial charge on any atom is 0.346 e. The first-order valence-corrected chi connectivity index (χ1v) is 11.2. The van der Waals surface area contributed by atoms with Crippen molar-refractivity contribution in [3.8, 4) is 22.6 Å². The van der Waals surface area contributed by atoms with Gasteiger partial charge in [-0.15, -0.1) is 0 Å². The van der Waals surface area contributed by atoms with E-state index in [4.69, 9.17) is 9.47 Å². The van der Waals surface area contributed by atoms with Crippen molar-refractivity contribution in [3.05, 3.63) is 83.2 Å². The summed E-state index contributed by atoms with van der Waals surface area (Å²) in [4.78, 5) is 12.3. The van der Waals surface area contributed by atoms with Gasteiger partial charge in [0.2, 0.25) is 0 Å². The van der Waals surface area contributed by atoms with Gasteiger partial charge in [-0.25, -0.2) is 18.0 Å². The van der Waals surface area contributed by atoms with Gasteiger partial charge in [0.25, 0.3) is 0 Å². The minimum atomic E-state index is -0.924. The molecule has 178 valence electrons. The van der Waals surface area contributed by atoms with Crippen LogP contribution < -0.4 is 9.47 Å². The van der Waals surface area contributed by atoms with Crippen LogP contribution in [-0.4, -0.2) is 24.8 Å². The first-order valence-electron chi connectivity index (χ1n) is 11.2. The molecule has 1 aliphatic carbocycles. The van der Waals surface area contributed by atoms with Crippen molar-refractivity contribution in [1.82, 2.24) is 0 Å². The molecular formula is C27H25F3O4. The Labute approximate surface area is 196 Å². The van der Waals surface area contributed by atoms with E-state index < -0.39 is 23.4 Å². The van der Waals surface area contributed by atoms with E-state index in [0.29, 0.717) is 11.1 Å². The summed E-state index contributed by atoms with van der Waals surface area (Å²) >= 11 is 0. The van der Waals surface area contributed by atoms with Crippen LogP contribution in [0.15, 0.2) is 54.6 Å². The van der Waals surface area contributed by atoms with E-state index in [1.165, 1.54) is 43.5 Å². The molecule has 0 atom stereocenters. The number of carbonyl (C=O) groups is 1. The highest BCUT2D eigenvalue weighted by Gasteiger charge is 2.26. The Hall–Kier alpha value is -3.32. The second-order valence-electron chi connectivity index (χ2n) is 8.49. The fourth-order valence-electron chi connectivity index (χ4n) is 4.41. The zero-order chi connectivity index (χ0) is 24.2. The monoisotopic (exact) mass is 470 g/mol. The summed E-state index contributed by atoms with van der Waals surface area (Å²) in [6, 6.07) is 12.9. The predicted molar refractivity (Wildman–Crippen MR) is 121 cm³/mol. The van der Waals surface area contributed by atoms with Gasteiger partial charge in [-0.2, -0.15) is 0 Å². The Morgan fingerprint density at radius 2 is 1.59 bits per heavy atom. The SMILES string of the molecule is COc1ccc(C(=O)Oc2ccc(-c3ccc(C4CCC(CO)CC4)c(F)c3F)cc2)c(F)c1. The maximum absolute atomic E-state index is 14.9. The molecule has 4 nitrogen and oxygen atoms in total. The van der Waals surface area contributed by atoms with Gasteiger partial charge < -0.3 is 14.6 Å². The molecule has 0 aliphatic heterocycles. The highest BCUT2D eigenvalue weighted by atomic mass is 19.2. The van der Waals surface area contributed by atoms with E-state index >= 15 is 0 Å². The molecule has 4 rings (SSSR count). The van der Waals surface area contributed by atoms with Crippen LogP contribution in [0.3, 0.4) is 0 Å². The number of hydrogen-bond acceptors (Lipinski definition) is 4. The number of aliphatic hydroxyl groups is 1. The van der Waals surface area contributed by atoms with Crippen LogP contribution >= 0.6 is 0 Å². The molecule has 0 spiro atoms. The van der Waals surface area contributed by atoms with Crippen LogP contribution in [0.25, 0.3) is 11.1 Å². The third-order valence-corrected chi connectivity index (χ3v) is 6.43. The third-order valence-electron chi connectivity index (χ3n) is 6.43. The van der Waals surface area contributed by atoms with Crippen molar-refractivity contribution in [2.24, 2.45) is 5.92 Å². The Morgan fingerprint density at radius 1 is 0.912 bits per heavy atom. The van der Waals surface area contributed by atoms with Crippen molar-refractivity contribution < 1.29 is 32.5 Å². The normalized spacial score (nSPS) is 17.9. The molecule has 34 heavy (non-hydrogen) atoms. The molecule has 7 heteroatoms. The summed E-state index contributed by atoms with van der Waals surface area (Å²) in [5.41, 5.74) is 0.637. The minimum absolute atomic E-state index is 0.0634. The molecule has 1 fully saturated rings. The maximum atomic E-state index is 14.9. The van der Waals surface area contributed by atoms with E-state index in [1.807, 2.05) is 0 Å². The van der Waals surface area contributed by atoms with Gasteiger partial charge >= 0.3 is 5.97 Å². The molecular weight excluding hydrogens is 445 g/mol. The van der Waals surface area contributed by atoms with Crippen molar-refractivity contribution in [3.63, 3.8) is 0 Å². The van der Waals surface area contributed by atoms with Gasteiger partial charge in [0, 0.05) is 18.2 Å². The average Bonchev–Trinajstić information content (AvgIpc) is 2.86. The molecule has 0 amide bonds. The standard InChI is InChI=1S/C27H25F3O4/c1-33-20-10-11-23(24(28)14-20)27(32)34-19-8-6-18(7-9-19)22-13-12-21(25(29)26(22)30)17-4-2-16(15-31)3-5-17/h6-14,16-17,31H,2-5,15H2,1H3. The molecule has 3 aromatic rings. The second kappa shape index (κ2) is 10.3. The van der Waals surface area contributed by atoms with Crippen molar-refractivity contribution in [2.75, 3.05) is 13.7 Å². The number of aliphatic hydroxyl groups excluding tert-OH is 1. The van der Waals surface area contributed by atoms with E-state index in [2.05, 4.69) is 0 Å². The van der Waals surface area contributed by atoms with E-state index in [1.54, 1.807) is 12.1 Å². The van der Waals surface area contributed by atoms with Gasteiger partial charge in [-0.3, -0.25) is 0 Å². The summed E-state index contributed by atoms with van der Waals surface area (Å²) in [6.07, 6.45) is 3.03. The van der Waals surface area contributed by atoms with Gasteiger partial charge in [-0.05, 0) is 72.9 Å². The van der Waals surface area contributed by atoms with Crippen LogP contribution in [-0.2, 0) is 0 Å². The van der Waals surface area contributed by atoms with Gasteiger partial charge in [0.1, 0.15) is 17.3 Å². The lowest BCUT2D eigenvalue weighted by atomic mass is 9.78. The van der Waals surface area contributed by atoms with Crippen molar-refractivity contribution in [1.29, 1.82) is 0 Å². The zero-order valence-electron chi connectivity index (χ0n) is 18.7. The summed E-state index contributed by atoms with van der Waals surface area (Å²) in [5, 5.41) is 9.28. The number of carbonyl (C=O) groups excluding carboxylic acids is 1. The lowest BCUT2D eigenvalue weighted by Crippen LogP contribution is -2.17. The smallest absolute Gasteiger partial charge is 0.346 e. The predicted octanol–water partition coefficient (Wildman–Crippen LogP) is 6.26. The Balaban J connectivity index is 1.48. The highest BCUT2D eigenvalue weighted by molar-refractivity contribution is 5.91. The van der Waals surface area contributed by atoms with Gasteiger partial charge in [-0.1, -0.05) is 24.3 Å². The molecule has 1 aliphatic rings. The molecule has 0 heterocycles. The molecule has 0 saturated heterocycles. The molecule has 1 N–H and O–H groups in total. The molecule has 0 unspecified atom stereocenters. The minimum Gasteiger partial charge on any atom is -0.497 e. The Kier molecular flexibility index (Phi) is 7.22. The molecule has 0 radical (unpaired) electrons. The largest absolute Gasteiger partial charge is 0.497 e. The van der Waals surface area contributed by atoms with E-state index in [-0.39, 0.29) is 41.1 Å². The first kappa shape index (κ1) is 23.8. The highest BCUT2D eigenvalue weighted by Crippen LogP contribution is 2.39. The Morgan fingerprint density at radius 3 is 2.21 bits per heavy atom. The molecule has 3 aromatic carbocycles. The number of halogens is 3. The van der Waals surface area contributed by atoms with Crippen LogP contribution in [0.5, 0.6) is 11.5 Å². The summed E-state index contributed by atoms with van der Waals surface area (Å²) in [7, 11) is 1.39. The fraction of sp³-hybridized carbons (Fsp3) is 0.296. The van der Waals surface area contributed by atoms with Gasteiger partial charge in [0.15, 0.2) is 11.6 Å². The number of methoxy groups -OCH3 is 1. The summed E-state index contributed by atoms with van der Waals surface area (Å²) in [5.74, 6) is -2.85. The first-order chi connectivity index (χ1) is 16.4. The topological polar surface area (TPSA) is 55.8 Å². The van der Waals surface area contributed by atoms with Crippen LogP contribution in [0, 0.1) is 23.4 Å². The lowest BCUT2D eigenvalue weighted by molar-refractivity contribution is 0.0730. The summed E-state index contributed by atoms with van der Waals surface area (Å²) in [6.45, 7) is 0.128. The average molecular weight is 470 g/mol. The second-order valence-corrected chi connectivity index (χ2v) is 8.49.